The van der Waals surface area contributed by atoms with Crippen LogP contribution >= 0.6 is 0 Å². The van der Waals surface area contributed by atoms with E-state index in [-0.39, 0.29) is 10.6 Å². The first-order valence-corrected chi connectivity index (χ1v) is 7.48. The molecule has 7 heteroatoms. The van der Waals surface area contributed by atoms with Crippen molar-refractivity contribution in [2.45, 2.75) is 6.54 Å². The first-order valence-electron chi connectivity index (χ1n) is 7.48. The van der Waals surface area contributed by atoms with Gasteiger partial charge in [0, 0.05) is 43.8 Å². The monoisotopic (exact) mass is 314 g/mol. The van der Waals surface area contributed by atoms with Crippen LogP contribution in [0, 0.1) is 10.1 Å². The molecule has 0 spiro atoms. The van der Waals surface area contributed by atoms with E-state index in [1.54, 1.807) is 24.5 Å². The molecule has 1 aromatic heterocycles. The first kappa shape index (κ1) is 15.2. The summed E-state index contributed by atoms with van der Waals surface area (Å²) in [5, 5.41) is 14.4. The highest BCUT2D eigenvalue weighted by molar-refractivity contribution is 5.69. The van der Waals surface area contributed by atoms with Crippen LogP contribution in [0.25, 0.3) is 0 Å². The van der Waals surface area contributed by atoms with Gasteiger partial charge in [0.1, 0.15) is 5.69 Å². The Labute approximate surface area is 134 Å². The van der Waals surface area contributed by atoms with Crippen molar-refractivity contribution in [3.63, 3.8) is 0 Å². The van der Waals surface area contributed by atoms with E-state index in [0.29, 0.717) is 25.4 Å². The van der Waals surface area contributed by atoms with E-state index in [1.807, 2.05) is 18.2 Å². The lowest BCUT2D eigenvalue weighted by atomic mass is 10.2. The SMILES string of the molecule is O=[N+]([O-])c1ccc(N2CCOCC2)cc1NCc1cccnc1. The summed E-state index contributed by atoms with van der Waals surface area (Å²) in [6, 6.07) is 8.95. The zero-order valence-electron chi connectivity index (χ0n) is 12.6. The number of nitro benzene ring substituents is 1. The predicted molar refractivity (Wildman–Crippen MR) is 87.7 cm³/mol. The van der Waals surface area contributed by atoms with Crippen molar-refractivity contribution in [1.82, 2.24) is 4.98 Å². The lowest BCUT2D eigenvalue weighted by molar-refractivity contribution is -0.384. The predicted octanol–water partition coefficient (Wildman–Crippen LogP) is 2.44. The Bertz CT molecular complexity index is 672. The lowest BCUT2D eigenvalue weighted by Crippen LogP contribution is -2.36. The molecular formula is C16H18N4O3. The number of nitro groups is 1. The van der Waals surface area contributed by atoms with Gasteiger partial charge in [0.15, 0.2) is 0 Å². The Morgan fingerprint density at radius 3 is 2.83 bits per heavy atom. The zero-order valence-corrected chi connectivity index (χ0v) is 12.6. The fourth-order valence-electron chi connectivity index (χ4n) is 2.54. The summed E-state index contributed by atoms with van der Waals surface area (Å²) in [4.78, 5) is 17.1. The van der Waals surface area contributed by atoms with E-state index in [0.717, 1.165) is 24.3 Å². The fourth-order valence-corrected chi connectivity index (χ4v) is 2.54. The summed E-state index contributed by atoms with van der Waals surface area (Å²) < 4.78 is 5.35. The van der Waals surface area contributed by atoms with E-state index >= 15 is 0 Å². The number of hydrogen-bond acceptors (Lipinski definition) is 6. The van der Waals surface area contributed by atoms with Crippen LogP contribution in [0.4, 0.5) is 17.1 Å². The normalized spacial score (nSPS) is 14.5. The van der Waals surface area contributed by atoms with Crippen molar-refractivity contribution < 1.29 is 9.66 Å². The number of nitrogens with zero attached hydrogens (tertiary/aromatic N) is 3. The van der Waals surface area contributed by atoms with Crippen LogP contribution < -0.4 is 10.2 Å². The summed E-state index contributed by atoms with van der Waals surface area (Å²) in [6.45, 7) is 3.42. The number of nitrogens with one attached hydrogen (secondary N) is 1. The van der Waals surface area contributed by atoms with Crippen molar-refractivity contribution in [1.29, 1.82) is 0 Å². The van der Waals surface area contributed by atoms with Gasteiger partial charge in [0.25, 0.3) is 5.69 Å². The molecule has 120 valence electrons. The second-order valence-corrected chi connectivity index (χ2v) is 5.27. The van der Waals surface area contributed by atoms with E-state index in [9.17, 15) is 10.1 Å². The summed E-state index contributed by atoms with van der Waals surface area (Å²) >= 11 is 0. The standard InChI is InChI=1S/C16H18N4O3/c21-20(22)16-4-3-14(19-6-8-23-9-7-19)10-15(16)18-12-13-2-1-5-17-11-13/h1-5,10-11,18H,6-9,12H2. The average molecular weight is 314 g/mol. The smallest absolute Gasteiger partial charge is 0.292 e. The van der Waals surface area contributed by atoms with Gasteiger partial charge in [0.05, 0.1) is 18.1 Å². The summed E-state index contributed by atoms with van der Waals surface area (Å²) in [5.74, 6) is 0. The molecule has 0 aliphatic carbocycles. The molecule has 0 unspecified atom stereocenters. The Morgan fingerprint density at radius 2 is 2.13 bits per heavy atom. The fraction of sp³-hybridized carbons (Fsp3) is 0.312. The number of ether oxygens (including phenoxy) is 1. The van der Waals surface area contributed by atoms with Crippen molar-refractivity contribution >= 4 is 17.1 Å². The second-order valence-electron chi connectivity index (χ2n) is 5.27. The van der Waals surface area contributed by atoms with Gasteiger partial charge in [0.2, 0.25) is 0 Å². The maximum Gasteiger partial charge on any atom is 0.292 e. The van der Waals surface area contributed by atoms with Crippen molar-refractivity contribution in [3.8, 4) is 0 Å². The Morgan fingerprint density at radius 1 is 1.30 bits per heavy atom. The number of hydrogen-bond donors (Lipinski definition) is 1. The number of aromatic nitrogens is 1. The van der Waals surface area contributed by atoms with Gasteiger partial charge >= 0.3 is 0 Å². The number of morpholine rings is 1. The number of anilines is 2. The van der Waals surface area contributed by atoms with Gasteiger partial charge in [-0.2, -0.15) is 0 Å². The molecular weight excluding hydrogens is 296 g/mol. The molecule has 1 aliphatic rings. The maximum atomic E-state index is 11.2. The first-order chi connectivity index (χ1) is 11.2. The summed E-state index contributed by atoms with van der Waals surface area (Å²) in [7, 11) is 0. The van der Waals surface area contributed by atoms with Crippen LogP contribution in [-0.2, 0) is 11.3 Å². The van der Waals surface area contributed by atoms with Gasteiger partial charge in [-0.05, 0) is 23.8 Å². The second kappa shape index (κ2) is 7.06. The topological polar surface area (TPSA) is 80.5 Å². The van der Waals surface area contributed by atoms with Crippen LogP contribution in [0.2, 0.25) is 0 Å². The van der Waals surface area contributed by atoms with E-state index < -0.39 is 0 Å². The Hall–Kier alpha value is -2.67. The largest absolute Gasteiger partial charge is 0.378 e. The quantitative estimate of drug-likeness (QED) is 0.674. The molecule has 2 aromatic rings. The minimum atomic E-state index is -0.366. The molecule has 1 aliphatic heterocycles. The zero-order chi connectivity index (χ0) is 16.1. The van der Waals surface area contributed by atoms with E-state index in [2.05, 4.69) is 15.2 Å². The van der Waals surface area contributed by atoms with Gasteiger partial charge in [-0.3, -0.25) is 15.1 Å². The molecule has 0 bridgehead atoms. The van der Waals surface area contributed by atoms with E-state index in [4.69, 9.17) is 4.74 Å². The molecule has 23 heavy (non-hydrogen) atoms. The lowest BCUT2D eigenvalue weighted by Gasteiger charge is -2.29. The molecule has 1 fully saturated rings. The maximum absolute atomic E-state index is 11.2. The molecule has 0 atom stereocenters. The van der Waals surface area contributed by atoms with E-state index in [1.165, 1.54) is 0 Å². The van der Waals surface area contributed by atoms with Crippen molar-refractivity contribution in [3.05, 3.63) is 58.4 Å². The molecule has 0 amide bonds. The van der Waals surface area contributed by atoms with Gasteiger partial charge < -0.3 is 15.0 Å². The highest BCUT2D eigenvalue weighted by Gasteiger charge is 2.18. The average Bonchev–Trinajstić information content (AvgIpc) is 2.61. The molecule has 2 heterocycles. The molecule has 1 aromatic carbocycles. The molecule has 7 nitrogen and oxygen atoms in total. The minimum absolute atomic E-state index is 0.0749. The van der Waals surface area contributed by atoms with Crippen LogP contribution in [0.3, 0.4) is 0 Å². The number of benzene rings is 1. The molecule has 1 N–H and O–H groups in total. The summed E-state index contributed by atoms with van der Waals surface area (Å²) in [5.41, 5.74) is 2.53. The third-order valence-corrected chi connectivity index (χ3v) is 3.76. The van der Waals surface area contributed by atoms with Crippen LogP contribution in [-0.4, -0.2) is 36.2 Å². The van der Waals surface area contributed by atoms with Crippen molar-refractivity contribution in [2.75, 3.05) is 36.5 Å². The molecule has 1 saturated heterocycles. The molecule has 0 saturated carbocycles. The van der Waals surface area contributed by atoms with Crippen LogP contribution in [0.5, 0.6) is 0 Å². The molecule has 3 rings (SSSR count). The number of pyridine rings is 1. The summed E-state index contributed by atoms with van der Waals surface area (Å²) in [6.07, 6.45) is 3.44. The van der Waals surface area contributed by atoms with Gasteiger partial charge in [-0.25, -0.2) is 0 Å². The number of rotatable bonds is 5. The highest BCUT2D eigenvalue weighted by atomic mass is 16.6. The van der Waals surface area contributed by atoms with Crippen LogP contribution in [0.1, 0.15) is 5.56 Å². The van der Waals surface area contributed by atoms with Crippen molar-refractivity contribution in [2.24, 2.45) is 0 Å². The minimum Gasteiger partial charge on any atom is -0.378 e. The Balaban J connectivity index is 1.81. The van der Waals surface area contributed by atoms with Gasteiger partial charge in [-0.1, -0.05) is 6.07 Å². The highest BCUT2D eigenvalue weighted by Crippen LogP contribution is 2.30. The Kier molecular flexibility index (Phi) is 4.68. The third kappa shape index (κ3) is 3.75. The van der Waals surface area contributed by atoms with Crippen LogP contribution in [0.15, 0.2) is 42.7 Å². The van der Waals surface area contributed by atoms with Gasteiger partial charge in [-0.15, -0.1) is 0 Å². The third-order valence-electron chi connectivity index (χ3n) is 3.76. The molecule has 0 radical (unpaired) electrons.